The number of hydrogen-bond donors (Lipinski definition) is 2. The molecule has 1 aromatic rings. The van der Waals surface area contributed by atoms with Gasteiger partial charge in [-0.15, -0.1) is 0 Å². The number of para-hydroxylation sites is 1. The second-order valence-electron chi connectivity index (χ2n) is 3.16. The minimum atomic E-state index is -4.48. The predicted molar refractivity (Wildman–Crippen MR) is 53.9 cm³/mol. The van der Waals surface area contributed by atoms with Crippen molar-refractivity contribution >= 4 is 5.91 Å². The normalized spacial score (nSPS) is 11.1. The molecule has 7 heteroatoms. The molecule has 0 unspecified atom stereocenters. The molecule has 0 aliphatic heterocycles. The smallest absolute Gasteiger partial charge is 0.419 e. The summed E-state index contributed by atoms with van der Waals surface area (Å²) in [7, 11) is 0. The molecule has 1 aromatic carbocycles. The summed E-state index contributed by atoms with van der Waals surface area (Å²) < 4.78 is 42.5. The first-order chi connectivity index (χ1) is 7.95. The Balaban J connectivity index is 2.68. The number of carbonyl (C=O) groups excluding carboxylic acids is 1. The third kappa shape index (κ3) is 3.95. The molecule has 0 aromatic heterocycles. The molecule has 17 heavy (non-hydrogen) atoms. The maximum absolute atomic E-state index is 12.5. The molecular weight excluding hydrogens is 237 g/mol. The predicted octanol–water partition coefficient (Wildman–Crippen LogP) is 1.46. The first-order valence-corrected chi connectivity index (χ1v) is 4.73. The van der Waals surface area contributed by atoms with Crippen molar-refractivity contribution in [3.8, 4) is 5.75 Å². The van der Waals surface area contributed by atoms with Crippen LogP contribution in [-0.2, 0) is 11.0 Å². The number of nitrogens with two attached hydrogens (primary N) is 1. The van der Waals surface area contributed by atoms with Crippen LogP contribution >= 0.6 is 0 Å². The van der Waals surface area contributed by atoms with Gasteiger partial charge in [0.25, 0.3) is 0 Å². The van der Waals surface area contributed by atoms with Crippen LogP contribution in [0.25, 0.3) is 0 Å². The molecule has 0 aliphatic carbocycles. The Morgan fingerprint density at radius 2 is 2.00 bits per heavy atom. The van der Waals surface area contributed by atoms with E-state index in [1.165, 1.54) is 18.2 Å². The van der Waals surface area contributed by atoms with E-state index in [0.29, 0.717) is 0 Å². The summed E-state index contributed by atoms with van der Waals surface area (Å²) in [6.45, 7) is -0.171. The third-order valence-electron chi connectivity index (χ3n) is 1.94. The molecule has 3 N–H and O–H groups in total. The van der Waals surface area contributed by atoms with Crippen molar-refractivity contribution in [1.29, 1.82) is 0 Å². The molecule has 0 bridgehead atoms. The van der Waals surface area contributed by atoms with Crippen molar-refractivity contribution < 1.29 is 22.7 Å². The van der Waals surface area contributed by atoms with E-state index in [-0.39, 0.29) is 18.8 Å². The summed E-state index contributed by atoms with van der Waals surface area (Å²) in [5.41, 5.74) is 0.987. The number of rotatable bonds is 4. The van der Waals surface area contributed by atoms with Crippen LogP contribution in [0.15, 0.2) is 24.3 Å². The summed E-state index contributed by atoms with van der Waals surface area (Å²) in [6, 6.07) is 4.80. The molecule has 0 fully saturated rings. The van der Waals surface area contributed by atoms with Gasteiger partial charge in [-0.05, 0) is 12.1 Å². The van der Waals surface area contributed by atoms with Gasteiger partial charge in [0.15, 0.2) is 0 Å². The highest BCUT2D eigenvalue weighted by Crippen LogP contribution is 2.35. The topological polar surface area (TPSA) is 64.3 Å². The highest BCUT2D eigenvalue weighted by atomic mass is 19.4. The number of alkyl halides is 3. The Labute approximate surface area is 95.5 Å². The molecule has 0 spiro atoms. The number of ether oxygens (including phenoxy) is 1. The van der Waals surface area contributed by atoms with Gasteiger partial charge >= 0.3 is 6.18 Å². The van der Waals surface area contributed by atoms with Gasteiger partial charge in [-0.25, -0.2) is 5.84 Å². The van der Waals surface area contributed by atoms with E-state index >= 15 is 0 Å². The average Bonchev–Trinajstić information content (AvgIpc) is 2.28. The van der Waals surface area contributed by atoms with Crippen molar-refractivity contribution in [3.05, 3.63) is 29.8 Å². The first kappa shape index (κ1) is 13.3. The van der Waals surface area contributed by atoms with Crippen LogP contribution in [0.5, 0.6) is 5.75 Å². The second-order valence-corrected chi connectivity index (χ2v) is 3.16. The maximum atomic E-state index is 12.5. The molecular formula is C10H11F3N2O2. The zero-order valence-corrected chi connectivity index (χ0v) is 8.75. The number of nitrogens with one attached hydrogen (secondary N) is 1. The number of halogens is 3. The number of carbonyl (C=O) groups is 1. The van der Waals surface area contributed by atoms with Gasteiger partial charge in [-0.2, -0.15) is 13.2 Å². The van der Waals surface area contributed by atoms with Crippen LogP contribution < -0.4 is 16.0 Å². The van der Waals surface area contributed by atoms with Gasteiger partial charge in [0, 0.05) is 0 Å². The van der Waals surface area contributed by atoms with Crippen molar-refractivity contribution in [2.24, 2.45) is 5.84 Å². The van der Waals surface area contributed by atoms with Crippen LogP contribution in [0.2, 0.25) is 0 Å². The van der Waals surface area contributed by atoms with E-state index in [9.17, 15) is 18.0 Å². The molecule has 1 amide bonds. The molecule has 0 atom stereocenters. The Hall–Kier alpha value is -1.76. The zero-order valence-electron chi connectivity index (χ0n) is 8.75. The van der Waals surface area contributed by atoms with Crippen LogP contribution in [0, 0.1) is 0 Å². The van der Waals surface area contributed by atoms with Gasteiger partial charge in [0.1, 0.15) is 5.75 Å². The Bertz CT molecular complexity index is 393. The van der Waals surface area contributed by atoms with E-state index in [4.69, 9.17) is 10.6 Å². The molecule has 94 valence electrons. The van der Waals surface area contributed by atoms with Crippen LogP contribution in [-0.4, -0.2) is 12.5 Å². The largest absolute Gasteiger partial charge is 0.492 e. The Morgan fingerprint density at radius 1 is 1.35 bits per heavy atom. The minimum Gasteiger partial charge on any atom is -0.492 e. The van der Waals surface area contributed by atoms with Crippen molar-refractivity contribution in [2.45, 2.75) is 12.6 Å². The fraction of sp³-hybridized carbons (Fsp3) is 0.300. The molecule has 0 aliphatic rings. The van der Waals surface area contributed by atoms with E-state index < -0.39 is 17.6 Å². The molecule has 4 nitrogen and oxygen atoms in total. The number of hydrazine groups is 1. The van der Waals surface area contributed by atoms with Gasteiger partial charge in [-0.1, -0.05) is 12.1 Å². The number of amides is 1. The molecule has 0 saturated heterocycles. The van der Waals surface area contributed by atoms with Crippen molar-refractivity contribution in [1.82, 2.24) is 5.43 Å². The molecule has 0 saturated carbocycles. The number of hydrogen-bond acceptors (Lipinski definition) is 3. The standard InChI is InChI=1S/C10H11F3N2O2/c11-10(12,13)7-3-1-2-4-8(7)17-6-5-9(16)15-14/h1-4H,5-6,14H2,(H,15,16). The lowest BCUT2D eigenvalue weighted by atomic mass is 10.2. The van der Waals surface area contributed by atoms with E-state index in [2.05, 4.69) is 0 Å². The molecule has 0 radical (unpaired) electrons. The lowest BCUT2D eigenvalue weighted by Crippen LogP contribution is -2.31. The zero-order chi connectivity index (χ0) is 12.9. The van der Waals surface area contributed by atoms with Crippen LogP contribution in [0.3, 0.4) is 0 Å². The molecule has 0 heterocycles. The van der Waals surface area contributed by atoms with Crippen LogP contribution in [0.1, 0.15) is 12.0 Å². The second kappa shape index (κ2) is 5.53. The Kier molecular flexibility index (Phi) is 4.33. The van der Waals surface area contributed by atoms with Crippen molar-refractivity contribution in [3.63, 3.8) is 0 Å². The summed E-state index contributed by atoms with van der Waals surface area (Å²) in [5.74, 6) is 4.01. The lowest BCUT2D eigenvalue weighted by molar-refractivity contribution is -0.138. The van der Waals surface area contributed by atoms with E-state index in [0.717, 1.165) is 6.07 Å². The maximum Gasteiger partial charge on any atom is 0.419 e. The summed E-state index contributed by atoms with van der Waals surface area (Å²) in [6.07, 6.45) is -4.59. The van der Waals surface area contributed by atoms with Gasteiger partial charge in [0.2, 0.25) is 5.91 Å². The van der Waals surface area contributed by atoms with E-state index in [1.54, 1.807) is 0 Å². The third-order valence-corrected chi connectivity index (χ3v) is 1.94. The first-order valence-electron chi connectivity index (χ1n) is 4.73. The van der Waals surface area contributed by atoms with Gasteiger partial charge in [0.05, 0.1) is 18.6 Å². The summed E-state index contributed by atoms with van der Waals surface area (Å²) in [5, 5.41) is 0. The average molecular weight is 248 g/mol. The SMILES string of the molecule is NNC(=O)CCOc1ccccc1C(F)(F)F. The monoisotopic (exact) mass is 248 g/mol. The summed E-state index contributed by atoms with van der Waals surface area (Å²) in [4.78, 5) is 10.7. The van der Waals surface area contributed by atoms with E-state index in [1.807, 2.05) is 5.43 Å². The Morgan fingerprint density at radius 3 is 2.59 bits per heavy atom. The fourth-order valence-corrected chi connectivity index (χ4v) is 1.15. The van der Waals surface area contributed by atoms with Gasteiger partial charge in [-0.3, -0.25) is 10.2 Å². The minimum absolute atomic E-state index is 0.108. The number of benzene rings is 1. The van der Waals surface area contributed by atoms with Crippen molar-refractivity contribution in [2.75, 3.05) is 6.61 Å². The summed E-state index contributed by atoms with van der Waals surface area (Å²) >= 11 is 0. The fourth-order valence-electron chi connectivity index (χ4n) is 1.15. The highest BCUT2D eigenvalue weighted by Gasteiger charge is 2.33. The molecule has 1 rings (SSSR count). The van der Waals surface area contributed by atoms with Crippen LogP contribution in [0.4, 0.5) is 13.2 Å². The lowest BCUT2D eigenvalue weighted by Gasteiger charge is -2.13. The highest BCUT2D eigenvalue weighted by molar-refractivity contribution is 5.75. The van der Waals surface area contributed by atoms with Gasteiger partial charge < -0.3 is 4.74 Å². The quantitative estimate of drug-likeness (QED) is 0.481.